The highest BCUT2D eigenvalue weighted by Crippen LogP contribution is 2.33. The number of rotatable bonds is 3. The Morgan fingerprint density at radius 2 is 2.35 bits per heavy atom. The van der Waals surface area contributed by atoms with Gasteiger partial charge in [-0.1, -0.05) is 0 Å². The number of nitrogens with two attached hydrogens (primary N) is 1. The summed E-state index contributed by atoms with van der Waals surface area (Å²) < 4.78 is 10.2. The van der Waals surface area contributed by atoms with Gasteiger partial charge in [0.1, 0.15) is 6.10 Å². The molecule has 0 saturated carbocycles. The van der Waals surface area contributed by atoms with Gasteiger partial charge in [-0.25, -0.2) is 4.98 Å². The number of nitrogens with zero attached hydrogens (tertiary/aromatic N) is 3. The Kier molecular flexibility index (Phi) is 3.05. The van der Waals surface area contributed by atoms with Gasteiger partial charge in [0.25, 0.3) is 5.88 Å². The summed E-state index contributed by atoms with van der Waals surface area (Å²) in [5.41, 5.74) is 5.13. The highest BCUT2D eigenvalue weighted by atomic mass is 16.6. The van der Waals surface area contributed by atoms with E-state index in [2.05, 4.69) is 9.97 Å². The van der Waals surface area contributed by atoms with E-state index in [0.29, 0.717) is 12.4 Å². The average molecular weight is 240 g/mol. The van der Waals surface area contributed by atoms with Crippen LogP contribution in [0.1, 0.15) is 24.8 Å². The minimum atomic E-state index is -0.659. The Morgan fingerprint density at radius 1 is 1.59 bits per heavy atom. The van der Waals surface area contributed by atoms with Crippen LogP contribution in [0.3, 0.4) is 0 Å². The van der Waals surface area contributed by atoms with Crippen molar-refractivity contribution in [3.63, 3.8) is 0 Å². The lowest BCUT2D eigenvalue weighted by molar-refractivity contribution is -0.385. The Balaban J connectivity index is 2.43. The molecule has 0 amide bonds. The molecular formula is C9H12N4O4. The zero-order chi connectivity index (χ0) is 12.4. The first-order valence-corrected chi connectivity index (χ1v) is 5.11. The summed E-state index contributed by atoms with van der Waals surface area (Å²) in [5, 5.41) is 10.8. The van der Waals surface area contributed by atoms with E-state index >= 15 is 0 Å². The molecule has 1 saturated heterocycles. The van der Waals surface area contributed by atoms with Gasteiger partial charge >= 0.3 is 5.69 Å². The summed E-state index contributed by atoms with van der Waals surface area (Å²) in [4.78, 5) is 18.0. The third kappa shape index (κ3) is 2.11. The molecule has 2 heterocycles. The van der Waals surface area contributed by atoms with E-state index in [4.69, 9.17) is 15.2 Å². The first-order chi connectivity index (χ1) is 8.13. The van der Waals surface area contributed by atoms with Gasteiger partial charge in [0, 0.05) is 6.61 Å². The third-order valence-corrected chi connectivity index (χ3v) is 2.49. The maximum atomic E-state index is 10.8. The number of aromatic nitrogens is 2. The molecule has 1 aliphatic heterocycles. The first kappa shape index (κ1) is 11.5. The fraction of sp³-hybridized carbons (Fsp3) is 0.556. The molecule has 92 valence electrons. The predicted octanol–water partition coefficient (Wildman–Crippen LogP) is 0.827. The van der Waals surface area contributed by atoms with Gasteiger partial charge in [-0.15, -0.1) is 0 Å². The summed E-state index contributed by atoms with van der Waals surface area (Å²) in [6, 6.07) is 0. The molecule has 0 aromatic carbocycles. The standard InChI is InChI=1S/C9H12N4O4/c1-16-9-6(13(14)15)7(10)11-8(12-9)5-3-2-4-17-5/h5H,2-4H2,1H3,(H2,10,11,12). The van der Waals surface area contributed by atoms with Gasteiger partial charge in [0.2, 0.25) is 5.82 Å². The van der Waals surface area contributed by atoms with E-state index in [-0.39, 0.29) is 17.8 Å². The van der Waals surface area contributed by atoms with Gasteiger partial charge in [-0.3, -0.25) is 10.1 Å². The van der Waals surface area contributed by atoms with E-state index < -0.39 is 10.6 Å². The molecule has 2 rings (SSSR count). The van der Waals surface area contributed by atoms with Gasteiger partial charge in [0.15, 0.2) is 5.82 Å². The fourth-order valence-electron chi connectivity index (χ4n) is 1.71. The zero-order valence-electron chi connectivity index (χ0n) is 9.25. The van der Waals surface area contributed by atoms with E-state index in [1.165, 1.54) is 7.11 Å². The summed E-state index contributed by atoms with van der Waals surface area (Å²) >= 11 is 0. The normalized spacial score (nSPS) is 19.2. The number of ether oxygens (including phenoxy) is 2. The summed E-state index contributed by atoms with van der Waals surface area (Å²) in [6.45, 7) is 0.632. The first-order valence-electron chi connectivity index (χ1n) is 5.11. The van der Waals surface area contributed by atoms with Crippen LogP contribution >= 0.6 is 0 Å². The van der Waals surface area contributed by atoms with Gasteiger partial charge < -0.3 is 15.2 Å². The fourth-order valence-corrected chi connectivity index (χ4v) is 1.71. The third-order valence-electron chi connectivity index (χ3n) is 2.49. The SMILES string of the molecule is COc1nc(C2CCCO2)nc(N)c1[N+](=O)[O-]. The van der Waals surface area contributed by atoms with Crippen molar-refractivity contribution in [3.8, 4) is 5.88 Å². The molecule has 0 radical (unpaired) electrons. The molecule has 1 aromatic heterocycles. The van der Waals surface area contributed by atoms with Crippen LogP contribution in [0.25, 0.3) is 0 Å². The van der Waals surface area contributed by atoms with Gasteiger partial charge in [-0.2, -0.15) is 4.98 Å². The maximum absolute atomic E-state index is 10.8. The van der Waals surface area contributed by atoms with Gasteiger partial charge in [-0.05, 0) is 12.8 Å². The van der Waals surface area contributed by atoms with Crippen molar-refractivity contribution in [3.05, 3.63) is 15.9 Å². The van der Waals surface area contributed by atoms with Crippen LogP contribution < -0.4 is 10.5 Å². The molecule has 2 N–H and O–H groups in total. The van der Waals surface area contributed by atoms with Crippen molar-refractivity contribution in [2.75, 3.05) is 19.5 Å². The second kappa shape index (κ2) is 4.50. The lowest BCUT2D eigenvalue weighted by atomic mass is 10.2. The predicted molar refractivity (Wildman–Crippen MR) is 57.6 cm³/mol. The summed E-state index contributed by atoms with van der Waals surface area (Å²) in [7, 11) is 1.30. The van der Waals surface area contributed by atoms with Crippen LogP contribution in [0.4, 0.5) is 11.5 Å². The number of hydrogen-bond donors (Lipinski definition) is 1. The number of hydrogen-bond acceptors (Lipinski definition) is 7. The lowest BCUT2D eigenvalue weighted by Gasteiger charge is -2.10. The maximum Gasteiger partial charge on any atom is 0.372 e. The van der Waals surface area contributed by atoms with E-state index in [0.717, 1.165) is 12.8 Å². The minimum absolute atomic E-state index is 0.131. The molecule has 0 aliphatic carbocycles. The van der Waals surface area contributed by atoms with Gasteiger partial charge in [0.05, 0.1) is 12.0 Å². The zero-order valence-corrected chi connectivity index (χ0v) is 9.25. The molecule has 17 heavy (non-hydrogen) atoms. The van der Waals surface area contributed by atoms with Crippen LogP contribution in [0.15, 0.2) is 0 Å². The Hall–Kier alpha value is -1.96. The Morgan fingerprint density at radius 3 is 2.88 bits per heavy atom. The molecule has 1 atom stereocenters. The van der Waals surface area contributed by atoms with Crippen molar-refractivity contribution < 1.29 is 14.4 Å². The average Bonchev–Trinajstić information content (AvgIpc) is 2.80. The quantitative estimate of drug-likeness (QED) is 0.614. The minimum Gasteiger partial charge on any atom is -0.476 e. The number of nitrogen functional groups attached to an aromatic ring is 1. The van der Waals surface area contributed by atoms with Crippen molar-refractivity contribution in [2.45, 2.75) is 18.9 Å². The van der Waals surface area contributed by atoms with Crippen molar-refractivity contribution in [1.29, 1.82) is 0 Å². The molecule has 1 unspecified atom stereocenters. The topological polar surface area (TPSA) is 113 Å². The highest BCUT2D eigenvalue weighted by Gasteiger charge is 2.28. The second-order valence-corrected chi connectivity index (χ2v) is 3.58. The van der Waals surface area contributed by atoms with Crippen LogP contribution in [0.2, 0.25) is 0 Å². The van der Waals surface area contributed by atoms with Crippen LogP contribution in [0, 0.1) is 10.1 Å². The number of anilines is 1. The van der Waals surface area contributed by atoms with Crippen molar-refractivity contribution >= 4 is 11.5 Å². The molecule has 8 heteroatoms. The van der Waals surface area contributed by atoms with E-state index in [1.54, 1.807) is 0 Å². The van der Waals surface area contributed by atoms with Crippen LogP contribution in [-0.4, -0.2) is 28.6 Å². The van der Waals surface area contributed by atoms with Crippen molar-refractivity contribution in [2.24, 2.45) is 0 Å². The molecule has 1 aromatic rings. The van der Waals surface area contributed by atoms with Crippen LogP contribution in [0.5, 0.6) is 5.88 Å². The van der Waals surface area contributed by atoms with E-state index in [9.17, 15) is 10.1 Å². The molecule has 1 aliphatic rings. The molecule has 0 spiro atoms. The molecule has 1 fully saturated rings. The monoisotopic (exact) mass is 240 g/mol. The summed E-state index contributed by atoms with van der Waals surface area (Å²) in [5.74, 6) is 0.00259. The lowest BCUT2D eigenvalue weighted by Crippen LogP contribution is -2.10. The summed E-state index contributed by atoms with van der Waals surface area (Å²) in [6.07, 6.45) is 1.43. The smallest absolute Gasteiger partial charge is 0.372 e. The molecule has 0 bridgehead atoms. The van der Waals surface area contributed by atoms with E-state index in [1.807, 2.05) is 0 Å². The highest BCUT2D eigenvalue weighted by molar-refractivity contribution is 5.58. The number of nitro groups is 1. The molecular weight excluding hydrogens is 228 g/mol. The largest absolute Gasteiger partial charge is 0.476 e. The van der Waals surface area contributed by atoms with Crippen molar-refractivity contribution in [1.82, 2.24) is 9.97 Å². The Bertz CT molecular complexity index is 445. The number of methoxy groups -OCH3 is 1. The Labute approximate surface area is 96.9 Å². The second-order valence-electron chi connectivity index (χ2n) is 3.58. The van der Waals surface area contributed by atoms with Crippen LogP contribution in [-0.2, 0) is 4.74 Å². The molecule has 8 nitrogen and oxygen atoms in total.